The van der Waals surface area contributed by atoms with Crippen LogP contribution in [0.4, 0.5) is 0 Å². The largest absolute Gasteiger partial charge is 0.308 e. The molecule has 0 spiro atoms. The molecule has 3 atom stereocenters. The van der Waals surface area contributed by atoms with Gasteiger partial charge in [0.05, 0.1) is 15.7 Å². The zero-order valence-corrected chi connectivity index (χ0v) is 24.2. The average Bonchev–Trinajstić information content (AvgIpc) is 3.40. The summed E-state index contributed by atoms with van der Waals surface area (Å²) in [5, 5.41) is 5.32. The molecule has 1 aliphatic carbocycles. The number of fused-ring (bicyclic) bond motifs is 7. The Morgan fingerprint density at radius 2 is 1.21 bits per heavy atom. The third-order valence-corrected chi connectivity index (χ3v) is 10.7. The van der Waals surface area contributed by atoms with E-state index < -0.39 is 0 Å². The number of aromatic nitrogens is 1. The van der Waals surface area contributed by atoms with E-state index in [9.17, 15) is 0 Å². The van der Waals surface area contributed by atoms with E-state index in [-0.39, 0.29) is 0 Å². The van der Waals surface area contributed by atoms with Gasteiger partial charge in [-0.1, -0.05) is 122 Å². The van der Waals surface area contributed by atoms with Crippen LogP contribution in [0.3, 0.4) is 0 Å². The second-order valence-corrected chi connectivity index (χ2v) is 12.8. The number of nitrogens with zero attached hydrogens (tertiary/aromatic N) is 1. The topological polar surface area (TPSA) is 4.93 Å². The number of hydrogen-bond donors (Lipinski definition) is 0. The van der Waals surface area contributed by atoms with E-state index in [4.69, 9.17) is 0 Å². The van der Waals surface area contributed by atoms with Crippen molar-refractivity contribution in [2.45, 2.75) is 18.8 Å². The van der Waals surface area contributed by atoms with Crippen molar-refractivity contribution in [2.24, 2.45) is 5.92 Å². The van der Waals surface area contributed by atoms with Crippen LogP contribution in [0, 0.1) is 5.92 Å². The summed E-state index contributed by atoms with van der Waals surface area (Å²) in [5.41, 5.74) is 9.29. The highest BCUT2D eigenvalue weighted by atomic mass is 32.1. The molecule has 9 rings (SSSR count). The molecule has 1 fully saturated rings. The smallest absolute Gasteiger partial charge is 0.0719 e. The summed E-state index contributed by atoms with van der Waals surface area (Å²) in [6.07, 6.45) is 0. The highest BCUT2D eigenvalue weighted by Gasteiger charge is 2.48. The highest BCUT2D eigenvalue weighted by Crippen LogP contribution is 2.60. The predicted molar refractivity (Wildman–Crippen MR) is 180 cm³/mol. The van der Waals surface area contributed by atoms with Gasteiger partial charge in [0.25, 0.3) is 0 Å². The number of rotatable bonds is 4. The van der Waals surface area contributed by atoms with Crippen LogP contribution in [0.1, 0.15) is 29.9 Å². The lowest BCUT2D eigenvalue weighted by atomic mass is 9.99. The van der Waals surface area contributed by atoms with E-state index in [1.165, 1.54) is 69.9 Å². The molecule has 42 heavy (non-hydrogen) atoms. The van der Waals surface area contributed by atoms with Crippen LogP contribution >= 0.6 is 11.3 Å². The molecule has 2 heteroatoms. The molecule has 0 saturated heterocycles. The molecule has 8 aromatic rings. The molecule has 1 saturated carbocycles. The molecule has 2 heterocycles. The Kier molecular flexibility index (Phi) is 5.24. The van der Waals surface area contributed by atoms with Crippen LogP contribution in [0.25, 0.3) is 58.8 Å². The van der Waals surface area contributed by atoms with E-state index in [2.05, 4.69) is 151 Å². The number of benzene rings is 6. The van der Waals surface area contributed by atoms with Crippen molar-refractivity contribution in [1.82, 2.24) is 4.57 Å². The van der Waals surface area contributed by atoms with Gasteiger partial charge in [0.15, 0.2) is 0 Å². The van der Waals surface area contributed by atoms with Gasteiger partial charge >= 0.3 is 0 Å². The molecule has 2 aromatic heterocycles. The molecule has 0 amide bonds. The molecule has 1 nitrogen and oxygen atoms in total. The van der Waals surface area contributed by atoms with Crippen molar-refractivity contribution >= 4 is 53.3 Å². The van der Waals surface area contributed by atoms with Crippen molar-refractivity contribution in [1.29, 1.82) is 0 Å². The maximum Gasteiger partial charge on any atom is 0.0719 e. The maximum absolute atomic E-state index is 2.49. The molecular formula is C40H29NS. The quantitative estimate of drug-likeness (QED) is 0.203. The van der Waals surface area contributed by atoms with Gasteiger partial charge in [-0.25, -0.2) is 0 Å². The first-order valence-electron chi connectivity index (χ1n) is 14.9. The average molecular weight is 556 g/mol. The standard InChI is InChI=1S/C40H29NS/c1-25-37(38(25)29-13-9-12-28(24-29)26-10-3-2-4-11-26)27-18-20-30(21-19-27)41-35-16-7-5-14-31(35)33-22-23-34-32-15-6-8-17-36(32)42-40(34)39(33)41/h2-25,37-38H,1H3/t25-,37+,38?/m1/s1. The molecule has 0 bridgehead atoms. The Labute approximate surface area is 249 Å². The second-order valence-electron chi connectivity index (χ2n) is 11.8. The zero-order chi connectivity index (χ0) is 27.8. The summed E-state index contributed by atoms with van der Waals surface area (Å²) in [4.78, 5) is 0. The Morgan fingerprint density at radius 1 is 0.524 bits per heavy atom. The molecule has 200 valence electrons. The first-order chi connectivity index (χ1) is 20.8. The minimum Gasteiger partial charge on any atom is -0.308 e. The lowest BCUT2D eigenvalue weighted by molar-refractivity contribution is 0.895. The van der Waals surface area contributed by atoms with E-state index in [0.29, 0.717) is 17.8 Å². The van der Waals surface area contributed by atoms with Crippen LogP contribution in [-0.2, 0) is 0 Å². The van der Waals surface area contributed by atoms with Gasteiger partial charge in [-0.3, -0.25) is 0 Å². The van der Waals surface area contributed by atoms with Crippen LogP contribution in [-0.4, -0.2) is 4.57 Å². The summed E-state index contributed by atoms with van der Waals surface area (Å²) in [7, 11) is 0. The fourth-order valence-electron chi connectivity index (χ4n) is 7.39. The lowest BCUT2D eigenvalue weighted by Crippen LogP contribution is -1.94. The molecular weight excluding hydrogens is 527 g/mol. The van der Waals surface area contributed by atoms with Crippen LogP contribution in [0.5, 0.6) is 0 Å². The molecule has 1 unspecified atom stereocenters. The molecule has 1 aliphatic rings. The summed E-state index contributed by atoms with van der Waals surface area (Å²) < 4.78 is 5.20. The SMILES string of the molecule is C[C@H]1C(c2cccc(-c3ccccc3)c2)[C@@H]1c1ccc(-n2c3ccccc3c3ccc4c5ccccc5sc4c32)cc1. The van der Waals surface area contributed by atoms with Crippen molar-refractivity contribution in [3.63, 3.8) is 0 Å². The third-order valence-electron chi connectivity index (χ3n) is 9.47. The highest BCUT2D eigenvalue weighted by molar-refractivity contribution is 7.26. The van der Waals surface area contributed by atoms with E-state index >= 15 is 0 Å². The third kappa shape index (κ3) is 3.55. The fraction of sp³-hybridized carbons (Fsp3) is 0.100. The normalized spacial score (nSPS) is 18.4. The van der Waals surface area contributed by atoms with Gasteiger partial charge in [0, 0.05) is 31.9 Å². The summed E-state index contributed by atoms with van der Waals surface area (Å²) in [6, 6.07) is 51.6. The van der Waals surface area contributed by atoms with E-state index in [1.54, 1.807) is 0 Å². The van der Waals surface area contributed by atoms with Crippen molar-refractivity contribution in [3.8, 4) is 16.8 Å². The van der Waals surface area contributed by atoms with Crippen molar-refractivity contribution in [2.75, 3.05) is 0 Å². The molecule has 6 aromatic carbocycles. The van der Waals surface area contributed by atoms with Crippen LogP contribution < -0.4 is 0 Å². The van der Waals surface area contributed by atoms with Crippen LogP contribution in [0.15, 0.2) is 140 Å². The Hall–Kier alpha value is -4.66. The van der Waals surface area contributed by atoms with Gasteiger partial charge in [-0.05, 0) is 64.3 Å². The van der Waals surface area contributed by atoms with Gasteiger partial charge in [-0.15, -0.1) is 11.3 Å². The van der Waals surface area contributed by atoms with Crippen LogP contribution in [0.2, 0.25) is 0 Å². The number of para-hydroxylation sites is 1. The first kappa shape index (κ1) is 24.0. The van der Waals surface area contributed by atoms with E-state index in [0.717, 1.165) is 0 Å². The van der Waals surface area contributed by atoms with Crippen molar-refractivity contribution in [3.05, 3.63) is 151 Å². The predicted octanol–water partition coefficient (Wildman–Crippen LogP) is 11.3. The van der Waals surface area contributed by atoms with Crippen molar-refractivity contribution < 1.29 is 0 Å². The monoisotopic (exact) mass is 555 g/mol. The number of hydrogen-bond acceptors (Lipinski definition) is 1. The Balaban J connectivity index is 1.13. The van der Waals surface area contributed by atoms with E-state index in [1.807, 2.05) is 11.3 Å². The summed E-state index contributed by atoms with van der Waals surface area (Å²) in [6.45, 7) is 2.41. The summed E-state index contributed by atoms with van der Waals surface area (Å²) >= 11 is 1.91. The lowest BCUT2D eigenvalue weighted by Gasteiger charge is -2.10. The van der Waals surface area contributed by atoms with Gasteiger partial charge < -0.3 is 4.57 Å². The van der Waals surface area contributed by atoms with Gasteiger partial charge in [-0.2, -0.15) is 0 Å². The minimum absolute atomic E-state index is 0.553. The van der Waals surface area contributed by atoms with Gasteiger partial charge in [0.1, 0.15) is 0 Å². The summed E-state index contributed by atoms with van der Waals surface area (Å²) in [5.74, 6) is 1.75. The number of thiophene rings is 1. The molecule has 0 N–H and O–H groups in total. The Morgan fingerprint density at radius 3 is 2.07 bits per heavy atom. The Bertz CT molecular complexity index is 2270. The van der Waals surface area contributed by atoms with Gasteiger partial charge in [0.2, 0.25) is 0 Å². The first-order valence-corrected chi connectivity index (χ1v) is 15.7. The maximum atomic E-state index is 2.49. The molecule has 0 aliphatic heterocycles. The molecule has 0 radical (unpaired) electrons. The fourth-order valence-corrected chi connectivity index (χ4v) is 8.63. The minimum atomic E-state index is 0.553. The zero-order valence-electron chi connectivity index (χ0n) is 23.4. The second kappa shape index (κ2) is 9.17.